The van der Waals surface area contributed by atoms with Crippen LogP contribution in [0.25, 0.3) is 0 Å². The van der Waals surface area contributed by atoms with Crippen LogP contribution in [0.4, 0.5) is 0 Å². The highest BCUT2D eigenvalue weighted by Gasteiger charge is 2.37. The van der Waals surface area contributed by atoms with Crippen molar-refractivity contribution in [3.8, 4) is 0 Å². The monoisotopic (exact) mass is 225 g/mol. The standard InChI is InChI=1S/C14H27NO/c1-13(2,12-5-3-6-12)9-15-10-14(11-16)7-4-8-14/h12,15-16H,3-11H2,1-2H3. The molecule has 0 spiro atoms. The lowest BCUT2D eigenvalue weighted by Crippen LogP contribution is -2.46. The summed E-state index contributed by atoms with van der Waals surface area (Å²) in [5, 5.41) is 13.0. The molecule has 2 nitrogen and oxygen atoms in total. The first kappa shape index (κ1) is 12.4. The van der Waals surface area contributed by atoms with Crippen LogP contribution >= 0.6 is 0 Å². The van der Waals surface area contributed by atoms with Gasteiger partial charge in [0.05, 0.1) is 0 Å². The maximum Gasteiger partial charge on any atom is 0.0499 e. The van der Waals surface area contributed by atoms with Crippen molar-refractivity contribution in [1.82, 2.24) is 5.32 Å². The number of aliphatic hydroxyl groups is 1. The fraction of sp³-hybridized carbons (Fsp3) is 1.00. The summed E-state index contributed by atoms with van der Waals surface area (Å²) in [6, 6.07) is 0. The largest absolute Gasteiger partial charge is 0.396 e. The summed E-state index contributed by atoms with van der Waals surface area (Å²) in [5.74, 6) is 0.923. The van der Waals surface area contributed by atoms with E-state index < -0.39 is 0 Å². The molecule has 2 heteroatoms. The van der Waals surface area contributed by atoms with Crippen LogP contribution in [0.15, 0.2) is 0 Å². The maximum absolute atomic E-state index is 9.39. The minimum Gasteiger partial charge on any atom is -0.396 e. The molecule has 2 saturated carbocycles. The van der Waals surface area contributed by atoms with E-state index in [9.17, 15) is 5.11 Å². The van der Waals surface area contributed by atoms with Crippen LogP contribution in [0.2, 0.25) is 0 Å². The molecule has 0 heterocycles. The molecular formula is C14H27NO. The van der Waals surface area contributed by atoms with Crippen molar-refractivity contribution >= 4 is 0 Å². The van der Waals surface area contributed by atoms with Gasteiger partial charge in [0.25, 0.3) is 0 Å². The molecule has 0 radical (unpaired) electrons. The van der Waals surface area contributed by atoms with Crippen LogP contribution in [0.3, 0.4) is 0 Å². The maximum atomic E-state index is 9.39. The van der Waals surface area contributed by atoms with Crippen LogP contribution in [-0.4, -0.2) is 24.8 Å². The van der Waals surface area contributed by atoms with Crippen LogP contribution in [0.5, 0.6) is 0 Å². The van der Waals surface area contributed by atoms with Crippen molar-refractivity contribution in [1.29, 1.82) is 0 Å². The second-order valence-corrected chi connectivity index (χ2v) is 6.73. The molecule has 2 fully saturated rings. The smallest absolute Gasteiger partial charge is 0.0499 e. The molecule has 0 aromatic carbocycles. The zero-order valence-electron chi connectivity index (χ0n) is 10.9. The van der Waals surface area contributed by atoms with Gasteiger partial charge in [-0.2, -0.15) is 0 Å². The van der Waals surface area contributed by atoms with E-state index in [2.05, 4.69) is 19.2 Å². The summed E-state index contributed by atoms with van der Waals surface area (Å²) < 4.78 is 0. The lowest BCUT2D eigenvalue weighted by molar-refractivity contribution is 0.0373. The average Bonchev–Trinajstić information content (AvgIpc) is 2.05. The molecule has 0 aromatic heterocycles. The molecular weight excluding hydrogens is 198 g/mol. The Morgan fingerprint density at radius 2 is 1.94 bits per heavy atom. The molecule has 0 atom stereocenters. The van der Waals surface area contributed by atoms with Crippen LogP contribution < -0.4 is 5.32 Å². The molecule has 0 bridgehead atoms. The fourth-order valence-corrected chi connectivity index (χ4v) is 3.05. The predicted octanol–water partition coefficient (Wildman–Crippen LogP) is 2.56. The van der Waals surface area contributed by atoms with Crippen LogP contribution in [-0.2, 0) is 0 Å². The lowest BCUT2D eigenvalue weighted by atomic mass is 9.66. The Bertz CT molecular complexity index is 223. The fourth-order valence-electron chi connectivity index (χ4n) is 3.05. The van der Waals surface area contributed by atoms with E-state index in [1.807, 2.05) is 0 Å². The summed E-state index contributed by atoms with van der Waals surface area (Å²) in [7, 11) is 0. The Balaban J connectivity index is 1.70. The topological polar surface area (TPSA) is 32.3 Å². The van der Waals surface area contributed by atoms with Gasteiger partial charge >= 0.3 is 0 Å². The summed E-state index contributed by atoms with van der Waals surface area (Å²) in [5.41, 5.74) is 0.675. The van der Waals surface area contributed by atoms with Crippen molar-refractivity contribution in [2.45, 2.75) is 52.4 Å². The molecule has 2 N–H and O–H groups in total. The van der Waals surface area contributed by atoms with Gasteiger partial charge in [-0.15, -0.1) is 0 Å². The van der Waals surface area contributed by atoms with Crippen molar-refractivity contribution in [2.75, 3.05) is 19.7 Å². The summed E-state index contributed by atoms with van der Waals surface area (Å²) in [6.07, 6.45) is 7.98. The first-order valence-electron chi connectivity index (χ1n) is 6.90. The minimum atomic E-state index is 0.232. The summed E-state index contributed by atoms with van der Waals surface area (Å²) in [4.78, 5) is 0. The number of nitrogens with one attached hydrogen (secondary N) is 1. The molecule has 0 unspecified atom stereocenters. The minimum absolute atomic E-state index is 0.232. The quantitative estimate of drug-likeness (QED) is 0.728. The van der Waals surface area contributed by atoms with E-state index in [0.29, 0.717) is 12.0 Å². The Morgan fingerprint density at radius 1 is 1.25 bits per heavy atom. The van der Waals surface area contributed by atoms with E-state index in [0.717, 1.165) is 19.0 Å². The summed E-state index contributed by atoms with van der Waals surface area (Å²) >= 11 is 0. The Kier molecular flexibility index (Phi) is 3.60. The number of hydrogen-bond donors (Lipinski definition) is 2. The van der Waals surface area contributed by atoms with Crippen molar-refractivity contribution in [3.05, 3.63) is 0 Å². The number of hydrogen-bond acceptors (Lipinski definition) is 2. The average molecular weight is 225 g/mol. The molecule has 0 aliphatic heterocycles. The van der Waals surface area contributed by atoms with E-state index in [4.69, 9.17) is 0 Å². The molecule has 0 amide bonds. The molecule has 2 aliphatic rings. The Labute approximate surface area is 99.8 Å². The third-order valence-electron chi connectivity index (χ3n) is 5.04. The van der Waals surface area contributed by atoms with Gasteiger partial charge in [0.2, 0.25) is 0 Å². The van der Waals surface area contributed by atoms with Gasteiger partial charge in [0.15, 0.2) is 0 Å². The van der Waals surface area contributed by atoms with E-state index in [1.54, 1.807) is 0 Å². The van der Waals surface area contributed by atoms with Crippen molar-refractivity contribution in [2.24, 2.45) is 16.7 Å². The lowest BCUT2D eigenvalue weighted by Gasteiger charge is -2.44. The highest BCUT2D eigenvalue weighted by atomic mass is 16.3. The van der Waals surface area contributed by atoms with Crippen molar-refractivity contribution < 1.29 is 5.11 Å². The van der Waals surface area contributed by atoms with E-state index >= 15 is 0 Å². The molecule has 16 heavy (non-hydrogen) atoms. The van der Waals surface area contributed by atoms with E-state index in [-0.39, 0.29) is 5.41 Å². The van der Waals surface area contributed by atoms with Crippen LogP contribution in [0, 0.1) is 16.7 Å². The van der Waals surface area contributed by atoms with Crippen molar-refractivity contribution in [3.63, 3.8) is 0 Å². The van der Waals surface area contributed by atoms with Gasteiger partial charge in [-0.05, 0) is 37.0 Å². The van der Waals surface area contributed by atoms with Gasteiger partial charge < -0.3 is 10.4 Å². The van der Waals surface area contributed by atoms with Gasteiger partial charge in [-0.25, -0.2) is 0 Å². The second kappa shape index (κ2) is 4.66. The molecule has 0 saturated heterocycles. The highest BCUT2D eigenvalue weighted by molar-refractivity contribution is 4.91. The third-order valence-corrected chi connectivity index (χ3v) is 5.04. The molecule has 2 rings (SSSR count). The zero-order valence-corrected chi connectivity index (χ0v) is 10.9. The molecule has 2 aliphatic carbocycles. The second-order valence-electron chi connectivity index (χ2n) is 6.73. The molecule has 0 aromatic rings. The highest BCUT2D eigenvalue weighted by Crippen LogP contribution is 2.42. The zero-order chi connectivity index (χ0) is 11.6. The summed E-state index contributed by atoms with van der Waals surface area (Å²) in [6.45, 7) is 7.26. The van der Waals surface area contributed by atoms with Gasteiger partial charge in [-0.3, -0.25) is 0 Å². The SMILES string of the molecule is CC(C)(CNCC1(CO)CCC1)C1CCC1. The first-order chi connectivity index (χ1) is 7.58. The van der Waals surface area contributed by atoms with Crippen LogP contribution in [0.1, 0.15) is 52.4 Å². The number of rotatable bonds is 6. The van der Waals surface area contributed by atoms with Gasteiger partial charge in [0.1, 0.15) is 0 Å². The first-order valence-corrected chi connectivity index (χ1v) is 6.90. The van der Waals surface area contributed by atoms with Gasteiger partial charge in [-0.1, -0.05) is 26.7 Å². The van der Waals surface area contributed by atoms with E-state index in [1.165, 1.54) is 38.5 Å². The third kappa shape index (κ3) is 2.43. The Morgan fingerprint density at radius 3 is 2.31 bits per heavy atom. The molecule has 94 valence electrons. The van der Waals surface area contributed by atoms with Gasteiger partial charge in [0, 0.05) is 25.1 Å². The normalized spacial score (nSPS) is 24.9. The number of aliphatic hydroxyl groups excluding tert-OH is 1. The predicted molar refractivity (Wildman–Crippen MR) is 67.4 cm³/mol. The Hall–Kier alpha value is -0.0800.